The molecule has 0 aliphatic heterocycles. The van der Waals surface area contributed by atoms with Crippen LogP contribution < -0.4 is 0 Å². The number of aromatic nitrogens is 1. The van der Waals surface area contributed by atoms with Crippen LogP contribution >= 0.6 is 11.6 Å². The van der Waals surface area contributed by atoms with Gasteiger partial charge in [-0.3, -0.25) is 4.79 Å². The first kappa shape index (κ1) is 22.7. The quantitative estimate of drug-likeness (QED) is 0.523. The van der Waals surface area contributed by atoms with Gasteiger partial charge in [-0.05, 0) is 61.6 Å². The lowest BCUT2D eigenvalue weighted by molar-refractivity contribution is -0.137. The zero-order chi connectivity index (χ0) is 23.4. The maximum atomic E-state index is 14.5. The van der Waals surface area contributed by atoms with Crippen molar-refractivity contribution in [3.8, 4) is 0 Å². The highest BCUT2D eigenvalue weighted by atomic mass is 35.5. The van der Waals surface area contributed by atoms with Gasteiger partial charge in [0.15, 0.2) is 9.84 Å². The van der Waals surface area contributed by atoms with Crippen LogP contribution in [0.2, 0.25) is 5.02 Å². The first-order valence-corrected chi connectivity index (χ1v) is 12.5. The van der Waals surface area contributed by atoms with Crippen molar-refractivity contribution in [2.75, 3.05) is 6.26 Å². The van der Waals surface area contributed by atoms with Crippen LogP contribution in [0.4, 0.5) is 8.78 Å². The normalized spacial score (nSPS) is 17.3. The molecule has 0 amide bonds. The Morgan fingerprint density at radius 2 is 2.00 bits per heavy atom. The Balaban J connectivity index is 2.11. The van der Waals surface area contributed by atoms with Crippen LogP contribution in [0.5, 0.6) is 0 Å². The molecule has 0 bridgehead atoms. The van der Waals surface area contributed by atoms with Gasteiger partial charge in [-0.15, -0.1) is 0 Å². The van der Waals surface area contributed by atoms with E-state index in [1.54, 1.807) is 17.6 Å². The van der Waals surface area contributed by atoms with E-state index in [2.05, 4.69) is 0 Å². The molecule has 0 saturated heterocycles. The number of carboxylic acid groups (broad SMARTS) is 1. The number of nitrogens with zero attached hydrogens (tertiary/aromatic N) is 1. The zero-order valence-electron chi connectivity index (χ0n) is 17.5. The van der Waals surface area contributed by atoms with Gasteiger partial charge in [-0.1, -0.05) is 17.7 Å². The predicted octanol–water partition coefficient (Wildman–Crippen LogP) is 5.48. The fourth-order valence-corrected chi connectivity index (χ4v) is 5.84. The average Bonchev–Trinajstić information content (AvgIpc) is 3.03. The molecule has 1 aliphatic rings. The fourth-order valence-electron chi connectivity index (χ4n) is 4.84. The standard InChI is InChI=1S/C23H22ClF2NO4S/c1-12(13-6-7-18(24)19(26)8-13)27-22-14(9-21(28)29)4-3-5-16(22)17-10-15(25)11-20(23(17)27)32(2,30)31/h6-8,10-12,14H,3-5,9H2,1-2H3,(H,28,29)/t12-,14+/m0/s1. The van der Waals surface area contributed by atoms with Crippen LogP contribution in [-0.4, -0.2) is 30.3 Å². The molecular formula is C23H22ClF2NO4S. The third-order valence-corrected chi connectivity index (χ3v) is 7.59. The molecule has 5 nitrogen and oxygen atoms in total. The number of aliphatic carboxylic acids is 1. The molecule has 4 rings (SSSR count). The van der Waals surface area contributed by atoms with Crippen LogP contribution in [0.3, 0.4) is 0 Å². The molecule has 0 spiro atoms. The van der Waals surface area contributed by atoms with E-state index in [1.807, 2.05) is 0 Å². The lowest BCUT2D eigenvalue weighted by atomic mass is 9.84. The van der Waals surface area contributed by atoms with Crippen LogP contribution in [0.15, 0.2) is 35.2 Å². The Labute approximate surface area is 189 Å². The summed E-state index contributed by atoms with van der Waals surface area (Å²) < 4.78 is 55.8. The lowest BCUT2D eigenvalue weighted by Crippen LogP contribution is -2.20. The number of aryl methyl sites for hydroxylation is 1. The number of benzene rings is 2. The minimum atomic E-state index is -3.82. The number of hydrogen-bond donors (Lipinski definition) is 1. The minimum absolute atomic E-state index is 0.0389. The molecule has 0 radical (unpaired) electrons. The smallest absolute Gasteiger partial charge is 0.304 e. The van der Waals surface area contributed by atoms with Crippen molar-refractivity contribution in [3.63, 3.8) is 0 Å². The zero-order valence-corrected chi connectivity index (χ0v) is 19.1. The SMILES string of the molecule is C[C@@H](c1ccc(Cl)c(F)c1)n1c2c(c3cc(F)cc(S(C)(=O)=O)c31)CCC[C@@H]2CC(=O)O. The van der Waals surface area contributed by atoms with Crippen molar-refractivity contribution < 1.29 is 27.1 Å². The van der Waals surface area contributed by atoms with Gasteiger partial charge >= 0.3 is 5.97 Å². The molecule has 1 N–H and O–H groups in total. The monoisotopic (exact) mass is 481 g/mol. The number of carboxylic acids is 1. The summed E-state index contributed by atoms with van der Waals surface area (Å²) in [5.74, 6) is -2.64. The van der Waals surface area contributed by atoms with E-state index < -0.39 is 33.5 Å². The Bertz CT molecular complexity index is 1350. The van der Waals surface area contributed by atoms with Crippen molar-refractivity contribution in [1.29, 1.82) is 0 Å². The van der Waals surface area contributed by atoms with Gasteiger partial charge in [0.25, 0.3) is 0 Å². The summed E-state index contributed by atoms with van der Waals surface area (Å²) in [5, 5.41) is 9.89. The molecule has 1 aliphatic carbocycles. The summed E-state index contributed by atoms with van der Waals surface area (Å²) >= 11 is 5.84. The molecule has 1 heterocycles. The molecule has 0 saturated carbocycles. The Hall–Kier alpha value is -2.45. The van der Waals surface area contributed by atoms with Gasteiger partial charge in [0.1, 0.15) is 11.6 Å². The molecule has 2 atom stereocenters. The molecule has 0 unspecified atom stereocenters. The third-order valence-electron chi connectivity index (χ3n) is 6.17. The van der Waals surface area contributed by atoms with Gasteiger partial charge in [0.05, 0.1) is 27.9 Å². The van der Waals surface area contributed by atoms with E-state index in [9.17, 15) is 27.1 Å². The molecule has 1 aromatic heterocycles. The Kier molecular flexibility index (Phi) is 5.79. The molecule has 32 heavy (non-hydrogen) atoms. The first-order valence-electron chi connectivity index (χ1n) is 10.2. The van der Waals surface area contributed by atoms with Crippen molar-refractivity contribution in [2.24, 2.45) is 0 Å². The van der Waals surface area contributed by atoms with Gasteiger partial charge in [-0.2, -0.15) is 0 Å². The summed E-state index contributed by atoms with van der Waals surface area (Å²) in [6.07, 6.45) is 2.76. The van der Waals surface area contributed by atoms with Gasteiger partial charge in [0, 0.05) is 23.3 Å². The molecular weight excluding hydrogens is 460 g/mol. The first-order chi connectivity index (χ1) is 15.0. The van der Waals surface area contributed by atoms with E-state index in [0.717, 1.165) is 17.9 Å². The molecule has 3 aromatic rings. The predicted molar refractivity (Wildman–Crippen MR) is 118 cm³/mol. The van der Waals surface area contributed by atoms with Crippen LogP contribution in [0.1, 0.15) is 55.0 Å². The number of halogens is 3. The second-order valence-corrected chi connectivity index (χ2v) is 10.7. The molecule has 9 heteroatoms. The van der Waals surface area contributed by atoms with Crippen LogP contribution in [-0.2, 0) is 21.1 Å². The highest BCUT2D eigenvalue weighted by Crippen LogP contribution is 2.45. The van der Waals surface area contributed by atoms with Gasteiger partial charge < -0.3 is 9.67 Å². The molecule has 2 aromatic carbocycles. The van der Waals surface area contributed by atoms with Crippen molar-refractivity contribution in [3.05, 3.63) is 63.8 Å². The van der Waals surface area contributed by atoms with Crippen molar-refractivity contribution >= 4 is 38.3 Å². The number of hydrogen-bond acceptors (Lipinski definition) is 3. The van der Waals surface area contributed by atoms with E-state index in [-0.39, 0.29) is 22.3 Å². The Morgan fingerprint density at radius 1 is 1.28 bits per heavy atom. The van der Waals surface area contributed by atoms with Crippen molar-refractivity contribution in [2.45, 2.75) is 49.5 Å². The summed E-state index contributed by atoms with van der Waals surface area (Å²) in [5.41, 5.74) is 2.28. The van der Waals surface area contributed by atoms with Gasteiger partial charge in [-0.25, -0.2) is 17.2 Å². The largest absolute Gasteiger partial charge is 0.481 e. The summed E-state index contributed by atoms with van der Waals surface area (Å²) in [6, 6.07) is 6.09. The highest BCUT2D eigenvalue weighted by molar-refractivity contribution is 7.91. The summed E-state index contributed by atoms with van der Waals surface area (Å²) in [6.45, 7) is 1.78. The number of carbonyl (C=O) groups is 1. The fraction of sp³-hybridized carbons (Fsp3) is 0.348. The molecule has 0 fully saturated rings. The summed E-state index contributed by atoms with van der Waals surface area (Å²) in [4.78, 5) is 11.4. The van der Waals surface area contributed by atoms with E-state index in [4.69, 9.17) is 11.6 Å². The minimum Gasteiger partial charge on any atom is -0.481 e. The topological polar surface area (TPSA) is 76.4 Å². The average molecular weight is 482 g/mol. The number of fused-ring (bicyclic) bond motifs is 3. The van der Waals surface area contributed by atoms with E-state index >= 15 is 0 Å². The number of rotatable bonds is 5. The van der Waals surface area contributed by atoms with E-state index in [1.165, 1.54) is 18.2 Å². The molecule has 170 valence electrons. The second-order valence-electron chi connectivity index (χ2n) is 8.34. The maximum absolute atomic E-state index is 14.5. The Morgan fingerprint density at radius 3 is 2.62 bits per heavy atom. The third kappa shape index (κ3) is 3.90. The van der Waals surface area contributed by atoms with Crippen molar-refractivity contribution in [1.82, 2.24) is 4.57 Å². The van der Waals surface area contributed by atoms with Crippen LogP contribution in [0, 0.1) is 11.6 Å². The highest BCUT2D eigenvalue weighted by Gasteiger charge is 2.33. The van der Waals surface area contributed by atoms with Gasteiger partial charge in [0.2, 0.25) is 0 Å². The number of sulfone groups is 1. The summed E-state index contributed by atoms with van der Waals surface area (Å²) in [7, 11) is -3.82. The second kappa shape index (κ2) is 8.15. The maximum Gasteiger partial charge on any atom is 0.304 e. The van der Waals surface area contributed by atoms with Crippen LogP contribution in [0.25, 0.3) is 10.9 Å². The lowest BCUT2D eigenvalue weighted by Gasteiger charge is -2.28. The van der Waals surface area contributed by atoms with E-state index in [0.29, 0.717) is 41.4 Å².